The van der Waals surface area contributed by atoms with Gasteiger partial charge in [-0.2, -0.15) is 11.8 Å². The van der Waals surface area contributed by atoms with Crippen molar-refractivity contribution in [1.82, 2.24) is 15.5 Å². The zero-order chi connectivity index (χ0) is 17.5. The van der Waals surface area contributed by atoms with Crippen molar-refractivity contribution < 1.29 is 14.0 Å². The summed E-state index contributed by atoms with van der Waals surface area (Å²) in [6, 6.07) is 5.77. The first-order chi connectivity index (χ1) is 12.2. The van der Waals surface area contributed by atoms with Gasteiger partial charge in [0, 0.05) is 41.6 Å². The van der Waals surface area contributed by atoms with Crippen molar-refractivity contribution in [3.05, 3.63) is 46.5 Å². The Kier molecular flexibility index (Phi) is 6.55. The summed E-state index contributed by atoms with van der Waals surface area (Å²) in [5, 5.41) is 7.35. The predicted octanol–water partition coefficient (Wildman–Crippen LogP) is 1.86. The number of hydrogen-bond acceptors (Lipinski definition) is 6. The maximum Gasteiger partial charge on any atom is 0.309 e. The highest BCUT2D eigenvalue weighted by Crippen LogP contribution is 2.24. The van der Waals surface area contributed by atoms with Gasteiger partial charge in [-0.3, -0.25) is 14.5 Å². The summed E-state index contributed by atoms with van der Waals surface area (Å²) >= 11 is 3.48. The number of nitrogens with one attached hydrogen (secondary N) is 2. The third kappa shape index (κ3) is 5.10. The van der Waals surface area contributed by atoms with Crippen LogP contribution in [0.15, 0.2) is 40.5 Å². The van der Waals surface area contributed by atoms with Gasteiger partial charge in [0.05, 0.1) is 25.1 Å². The van der Waals surface area contributed by atoms with Crippen molar-refractivity contribution in [3.8, 4) is 0 Å². The first-order valence-electron chi connectivity index (χ1n) is 8.16. The molecule has 0 unspecified atom stereocenters. The molecule has 1 aliphatic heterocycles. The minimum Gasteiger partial charge on any atom is -0.472 e. The highest BCUT2D eigenvalue weighted by Gasteiger charge is 2.25. The molecule has 8 heteroatoms. The molecule has 3 rings (SSSR count). The van der Waals surface area contributed by atoms with Crippen molar-refractivity contribution in [2.45, 2.75) is 12.6 Å². The van der Waals surface area contributed by atoms with Crippen LogP contribution < -0.4 is 10.6 Å². The minimum absolute atomic E-state index is 0.0219. The van der Waals surface area contributed by atoms with Gasteiger partial charge in [-0.1, -0.05) is 6.07 Å². The van der Waals surface area contributed by atoms with Crippen molar-refractivity contribution in [1.29, 1.82) is 0 Å². The molecule has 2 N–H and O–H groups in total. The maximum atomic E-state index is 12.1. The molecule has 25 heavy (non-hydrogen) atoms. The Bertz CT molecular complexity index is 667. The molecule has 0 aliphatic carbocycles. The molecule has 0 saturated carbocycles. The lowest BCUT2D eigenvalue weighted by atomic mass is 10.1. The summed E-state index contributed by atoms with van der Waals surface area (Å²) in [6.45, 7) is 2.68. The summed E-state index contributed by atoms with van der Waals surface area (Å²) in [6.07, 6.45) is 3.34. The fourth-order valence-corrected chi connectivity index (χ4v) is 4.32. The summed E-state index contributed by atoms with van der Waals surface area (Å²) in [5.74, 6) is 0.942. The quantitative estimate of drug-likeness (QED) is 0.750. The largest absolute Gasteiger partial charge is 0.472 e. The first kappa shape index (κ1) is 18.0. The Labute approximate surface area is 155 Å². The van der Waals surface area contributed by atoms with Gasteiger partial charge in [-0.15, -0.1) is 11.3 Å². The van der Waals surface area contributed by atoms with Crippen LogP contribution in [-0.4, -0.2) is 47.9 Å². The number of carbonyl (C=O) groups is 2. The average molecular weight is 380 g/mol. The van der Waals surface area contributed by atoms with E-state index in [1.165, 1.54) is 0 Å². The molecule has 3 heterocycles. The number of nitrogens with zero attached hydrogens (tertiary/aromatic N) is 1. The summed E-state index contributed by atoms with van der Waals surface area (Å²) in [5.41, 5.74) is 1.02. The molecule has 1 atom stereocenters. The molecule has 1 fully saturated rings. The van der Waals surface area contributed by atoms with Gasteiger partial charge in [0.2, 0.25) is 0 Å². The maximum absolute atomic E-state index is 12.1. The van der Waals surface area contributed by atoms with Crippen LogP contribution >= 0.6 is 23.1 Å². The van der Waals surface area contributed by atoms with E-state index in [0.29, 0.717) is 13.1 Å². The summed E-state index contributed by atoms with van der Waals surface area (Å²) in [4.78, 5) is 27.4. The van der Waals surface area contributed by atoms with Crippen LogP contribution in [0.3, 0.4) is 0 Å². The SMILES string of the molecule is O=C(NCc1cccs1)C(=O)NC[C@@H](c1ccoc1)N1CCSCC1. The van der Waals surface area contributed by atoms with E-state index in [4.69, 9.17) is 4.42 Å². The molecule has 0 spiro atoms. The molecule has 2 amide bonds. The third-order valence-electron chi connectivity index (χ3n) is 4.08. The van der Waals surface area contributed by atoms with Crippen LogP contribution in [0.2, 0.25) is 0 Å². The highest BCUT2D eigenvalue weighted by atomic mass is 32.2. The fourth-order valence-electron chi connectivity index (χ4n) is 2.74. The van der Waals surface area contributed by atoms with E-state index in [-0.39, 0.29) is 6.04 Å². The molecule has 134 valence electrons. The molecule has 2 aromatic rings. The molecule has 0 aromatic carbocycles. The van der Waals surface area contributed by atoms with Crippen molar-refractivity contribution in [2.24, 2.45) is 0 Å². The van der Waals surface area contributed by atoms with Crippen LogP contribution in [-0.2, 0) is 16.1 Å². The molecular weight excluding hydrogens is 358 g/mol. The molecule has 1 saturated heterocycles. The third-order valence-corrected chi connectivity index (χ3v) is 5.90. The minimum atomic E-state index is -0.603. The van der Waals surface area contributed by atoms with Crippen LogP contribution in [0, 0.1) is 0 Å². The van der Waals surface area contributed by atoms with E-state index in [0.717, 1.165) is 35.0 Å². The lowest BCUT2D eigenvalue weighted by molar-refractivity contribution is -0.139. The summed E-state index contributed by atoms with van der Waals surface area (Å²) < 4.78 is 5.20. The molecule has 2 aromatic heterocycles. The monoisotopic (exact) mass is 379 g/mol. The topological polar surface area (TPSA) is 74.6 Å². The smallest absolute Gasteiger partial charge is 0.309 e. The molecule has 1 aliphatic rings. The summed E-state index contributed by atoms with van der Waals surface area (Å²) in [7, 11) is 0. The number of carbonyl (C=O) groups excluding carboxylic acids is 2. The van der Waals surface area contributed by atoms with Crippen LogP contribution in [0.1, 0.15) is 16.5 Å². The van der Waals surface area contributed by atoms with E-state index >= 15 is 0 Å². The molecule has 0 bridgehead atoms. The molecule has 6 nitrogen and oxygen atoms in total. The zero-order valence-electron chi connectivity index (χ0n) is 13.8. The van der Waals surface area contributed by atoms with Crippen molar-refractivity contribution in [3.63, 3.8) is 0 Å². The average Bonchev–Trinajstić information content (AvgIpc) is 3.34. The standard InChI is InChI=1S/C17H21N3O3S2/c21-16(18-10-14-2-1-7-25-14)17(22)19-11-15(13-3-6-23-12-13)20-4-8-24-9-5-20/h1-3,6-7,12,15H,4-5,8-11H2,(H,18,21)(H,19,22)/t15-/m0/s1. The highest BCUT2D eigenvalue weighted by molar-refractivity contribution is 7.99. The molecule has 0 radical (unpaired) electrons. The van der Waals surface area contributed by atoms with Gasteiger partial charge in [-0.25, -0.2) is 0 Å². The normalized spacial score (nSPS) is 16.3. The number of rotatable bonds is 6. The number of amides is 2. The van der Waals surface area contributed by atoms with Gasteiger partial charge >= 0.3 is 11.8 Å². The van der Waals surface area contributed by atoms with Gasteiger partial charge in [-0.05, 0) is 17.5 Å². The van der Waals surface area contributed by atoms with Crippen LogP contribution in [0.5, 0.6) is 0 Å². The van der Waals surface area contributed by atoms with E-state index in [1.54, 1.807) is 23.9 Å². The number of thiophene rings is 1. The van der Waals surface area contributed by atoms with Crippen molar-refractivity contribution in [2.75, 3.05) is 31.1 Å². The predicted molar refractivity (Wildman–Crippen MR) is 99.5 cm³/mol. The van der Waals surface area contributed by atoms with Crippen molar-refractivity contribution >= 4 is 34.9 Å². The Hall–Kier alpha value is -1.77. The Morgan fingerprint density at radius 2 is 2.00 bits per heavy atom. The van der Waals surface area contributed by atoms with Gasteiger partial charge in [0.15, 0.2) is 0 Å². The van der Waals surface area contributed by atoms with E-state index < -0.39 is 11.8 Å². The number of furan rings is 1. The van der Waals surface area contributed by atoms with E-state index in [2.05, 4.69) is 15.5 Å². The Balaban J connectivity index is 1.52. The van der Waals surface area contributed by atoms with Crippen LogP contribution in [0.25, 0.3) is 0 Å². The number of hydrogen-bond donors (Lipinski definition) is 2. The lowest BCUT2D eigenvalue weighted by Crippen LogP contribution is -2.45. The Morgan fingerprint density at radius 1 is 1.20 bits per heavy atom. The Morgan fingerprint density at radius 3 is 2.68 bits per heavy atom. The van der Waals surface area contributed by atoms with Gasteiger partial charge in [0.25, 0.3) is 0 Å². The second kappa shape index (κ2) is 9.07. The molecular formula is C17H21N3O3S2. The van der Waals surface area contributed by atoms with Crippen LogP contribution in [0.4, 0.5) is 0 Å². The van der Waals surface area contributed by atoms with E-state index in [1.807, 2.05) is 35.3 Å². The second-order valence-corrected chi connectivity index (χ2v) is 7.95. The second-order valence-electron chi connectivity index (χ2n) is 5.69. The lowest BCUT2D eigenvalue weighted by Gasteiger charge is -2.33. The van der Waals surface area contributed by atoms with Gasteiger partial charge < -0.3 is 15.1 Å². The first-order valence-corrected chi connectivity index (χ1v) is 10.2. The zero-order valence-corrected chi connectivity index (χ0v) is 15.4. The number of thioether (sulfide) groups is 1. The van der Waals surface area contributed by atoms with Gasteiger partial charge in [0.1, 0.15) is 0 Å². The fraction of sp³-hybridized carbons (Fsp3) is 0.412. The van der Waals surface area contributed by atoms with E-state index in [9.17, 15) is 9.59 Å².